The second-order valence-electron chi connectivity index (χ2n) is 3.67. The normalized spacial score (nSPS) is 30.5. The molecular weight excluding hydrogens is 154 g/mol. The largest absolute Gasteiger partial charge is 0.379 e. The molecule has 3 heteroatoms. The molecule has 0 aromatic rings. The monoisotopic (exact) mass is 171 g/mol. The third-order valence-corrected chi connectivity index (χ3v) is 2.63. The number of hydrogen-bond acceptors (Lipinski definition) is 3. The number of nitrogens with one attached hydrogen (secondary N) is 1. The number of rotatable bonds is 4. The Morgan fingerprint density at radius 2 is 2.33 bits per heavy atom. The van der Waals surface area contributed by atoms with Gasteiger partial charge in [0.25, 0.3) is 0 Å². The molecule has 0 saturated carbocycles. The van der Waals surface area contributed by atoms with Gasteiger partial charge in [0.2, 0.25) is 0 Å². The van der Waals surface area contributed by atoms with E-state index in [1.807, 2.05) is 0 Å². The van der Waals surface area contributed by atoms with E-state index in [4.69, 9.17) is 9.47 Å². The highest BCUT2D eigenvalue weighted by Crippen LogP contribution is 2.12. The smallest absolute Gasteiger partial charge is 0.0830 e. The summed E-state index contributed by atoms with van der Waals surface area (Å²) < 4.78 is 10.9. The van der Waals surface area contributed by atoms with E-state index < -0.39 is 0 Å². The molecule has 1 N–H and O–H groups in total. The van der Waals surface area contributed by atoms with Crippen LogP contribution in [0, 0.1) is 5.92 Å². The van der Waals surface area contributed by atoms with Crippen LogP contribution in [0.5, 0.6) is 0 Å². The molecule has 12 heavy (non-hydrogen) atoms. The minimum absolute atomic E-state index is 0.387. The first-order valence-electron chi connectivity index (χ1n) is 4.85. The van der Waals surface area contributed by atoms with Gasteiger partial charge in [-0.1, -0.05) is 0 Å². The van der Waals surface area contributed by atoms with Gasteiger partial charge in [-0.15, -0.1) is 0 Å². The van der Waals surface area contributed by atoms with E-state index in [0.29, 0.717) is 6.10 Å². The minimum Gasteiger partial charge on any atom is -0.379 e. The molecule has 3 nitrogen and oxygen atoms in total. The van der Waals surface area contributed by atoms with Crippen LogP contribution in [0.3, 0.4) is 0 Å². The van der Waals surface area contributed by atoms with Gasteiger partial charge in [0, 0.05) is 13.2 Å². The van der Waals surface area contributed by atoms with Crippen LogP contribution in [-0.4, -0.2) is 39.0 Å². The van der Waals surface area contributed by atoms with Crippen molar-refractivity contribution in [3.05, 3.63) is 0 Å². The lowest BCUT2D eigenvalue weighted by Gasteiger charge is -2.27. The van der Waals surface area contributed by atoms with Crippen LogP contribution in [0.2, 0.25) is 0 Å². The van der Waals surface area contributed by atoms with Gasteiger partial charge in [0.05, 0.1) is 12.7 Å². The van der Waals surface area contributed by atoms with E-state index in [2.05, 4.69) is 5.32 Å². The van der Waals surface area contributed by atoms with Crippen LogP contribution < -0.4 is 5.32 Å². The molecule has 0 aromatic carbocycles. The first kappa shape index (κ1) is 8.48. The Hall–Kier alpha value is -0.120. The van der Waals surface area contributed by atoms with Crippen LogP contribution in [0.15, 0.2) is 0 Å². The highest BCUT2D eigenvalue weighted by atomic mass is 16.5. The average molecular weight is 171 g/mol. The first-order valence-corrected chi connectivity index (χ1v) is 4.85. The Morgan fingerprint density at radius 3 is 2.92 bits per heavy atom. The van der Waals surface area contributed by atoms with Crippen LogP contribution in [-0.2, 0) is 9.47 Å². The molecule has 0 radical (unpaired) electrons. The summed E-state index contributed by atoms with van der Waals surface area (Å²) in [5, 5.41) is 3.26. The highest BCUT2D eigenvalue weighted by molar-refractivity contribution is 4.74. The zero-order valence-electron chi connectivity index (χ0n) is 7.42. The van der Waals surface area contributed by atoms with Crippen molar-refractivity contribution in [2.75, 3.05) is 32.9 Å². The Labute approximate surface area is 73.4 Å². The van der Waals surface area contributed by atoms with Crippen LogP contribution >= 0.6 is 0 Å². The fourth-order valence-corrected chi connectivity index (χ4v) is 1.60. The van der Waals surface area contributed by atoms with Crippen molar-refractivity contribution < 1.29 is 9.47 Å². The Balaban J connectivity index is 1.49. The topological polar surface area (TPSA) is 30.5 Å². The van der Waals surface area contributed by atoms with Gasteiger partial charge in [0.15, 0.2) is 0 Å². The van der Waals surface area contributed by atoms with Crippen molar-refractivity contribution in [2.24, 2.45) is 5.92 Å². The van der Waals surface area contributed by atoms with E-state index in [-0.39, 0.29) is 0 Å². The second kappa shape index (κ2) is 4.21. The van der Waals surface area contributed by atoms with Crippen molar-refractivity contribution in [1.82, 2.24) is 5.32 Å². The maximum atomic E-state index is 5.66. The fraction of sp³-hybridized carbons (Fsp3) is 1.00. The van der Waals surface area contributed by atoms with E-state index in [9.17, 15) is 0 Å². The summed E-state index contributed by atoms with van der Waals surface area (Å²) in [7, 11) is 0. The Bertz CT molecular complexity index is 130. The zero-order valence-corrected chi connectivity index (χ0v) is 7.42. The van der Waals surface area contributed by atoms with Gasteiger partial charge < -0.3 is 14.8 Å². The van der Waals surface area contributed by atoms with Crippen molar-refractivity contribution in [3.8, 4) is 0 Å². The Morgan fingerprint density at radius 1 is 1.42 bits per heavy atom. The lowest BCUT2D eigenvalue weighted by Crippen LogP contribution is -2.42. The van der Waals surface area contributed by atoms with E-state index in [1.165, 1.54) is 19.5 Å². The summed E-state index contributed by atoms with van der Waals surface area (Å²) in [5.74, 6) is 0.868. The molecule has 2 heterocycles. The number of ether oxygens (including phenoxy) is 2. The summed E-state index contributed by atoms with van der Waals surface area (Å²) in [5.41, 5.74) is 0. The lowest BCUT2D eigenvalue weighted by molar-refractivity contribution is 0.0321. The third kappa shape index (κ3) is 2.19. The molecule has 0 amide bonds. The standard InChI is InChI=1S/C9H17NO2/c1(8-5-10-6-8)4-12-9-2-3-11-7-9/h8-10H,1-7H2. The van der Waals surface area contributed by atoms with Gasteiger partial charge in [-0.2, -0.15) is 0 Å². The summed E-state index contributed by atoms with van der Waals surface area (Å²) in [6, 6.07) is 0. The third-order valence-electron chi connectivity index (χ3n) is 2.63. The molecule has 0 spiro atoms. The van der Waals surface area contributed by atoms with Crippen LogP contribution in [0.4, 0.5) is 0 Å². The lowest BCUT2D eigenvalue weighted by atomic mass is 10.0. The van der Waals surface area contributed by atoms with Crippen molar-refractivity contribution in [1.29, 1.82) is 0 Å². The van der Waals surface area contributed by atoms with Crippen LogP contribution in [0.1, 0.15) is 12.8 Å². The molecule has 2 fully saturated rings. The van der Waals surface area contributed by atoms with Crippen LogP contribution in [0.25, 0.3) is 0 Å². The average Bonchev–Trinajstić information content (AvgIpc) is 2.46. The number of hydrogen-bond donors (Lipinski definition) is 1. The van der Waals surface area contributed by atoms with Crippen molar-refractivity contribution in [3.63, 3.8) is 0 Å². The molecule has 1 unspecified atom stereocenters. The molecule has 2 rings (SSSR count). The molecule has 2 saturated heterocycles. The Kier molecular flexibility index (Phi) is 2.98. The zero-order chi connectivity index (χ0) is 8.23. The van der Waals surface area contributed by atoms with E-state index in [1.54, 1.807) is 0 Å². The molecule has 2 aliphatic heterocycles. The quantitative estimate of drug-likeness (QED) is 0.664. The molecule has 1 atom stereocenters. The van der Waals surface area contributed by atoms with Gasteiger partial charge in [-0.3, -0.25) is 0 Å². The summed E-state index contributed by atoms with van der Waals surface area (Å²) >= 11 is 0. The van der Waals surface area contributed by atoms with Gasteiger partial charge in [-0.05, 0) is 31.8 Å². The second-order valence-corrected chi connectivity index (χ2v) is 3.67. The van der Waals surface area contributed by atoms with E-state index in [0.717, 1.165) is 32.2 Å². The fourth-order valence-electron chi connectivity index (χ4n) is 1.60. The van der Waals surface area contributed by atoms with Crippen molar-refractivity contribution in [2.45, 2.75) is 18.9 Å². The molecule has 0 aliphatic carbocycles. The maximum absolute atomic E-state index is 5.66. The molecule has 70 valence electrons. The predicted octanol–water partition coefficient (Wildman–Crippen LogP) is 0.401. The molecule has 0 aromatic heterocycles. The maximum Gasteiger partial charge on any atom is 0.0830 e. The highest BCUT2D eigenvalue weighted by Gasteiger charge is 2.19. The predicted molar refractivity (Wildman–Crippen MR) is 46.2 cm³/mol. The van der Waals surface area contributed by atoms with Gasteiger partial charge in [-0.25, -0.2) is 0 Å². The summed E-state index contributed by atoms with van der Waals surface area (Å²) in [4.78, 5) is 0. The van der Waals surface area contributed by atoms with Gasteiger partial charge in [0.1, 0.15) is 0 Å². The SMILES string of the molecule is C1CC(OCCC2CNC2)CO1. The summed E-state index contributed by atoms with van der Waals surface area (Å²) in [6.45, 7) is 4.98. The molecule has 2 aliphatic rings. The van der Waals surface area contributed by atoms with Gasteiger partial charge >= 0.3 is 0 Å². The van der Waals surface area contributed by atoms with E-state index >= 15 is 0 Å². The summed E-state index contributed by atoms with van der Waals surface area (Å²) in [6.07, 6.45) is 2.69. The van der Waals surface area contributed by atoms with Crippen molar-refractivity contribution >= 4 is 0 Å². The minimum atomic E-state index is 0.387. The molecule has 0 bridgehead atoms. The molecular formula is C9H17NO2. The first-order chi connectivity index (χ1) is 5.95.